The van der Waals surface area contributed by atoms with Gasteiger partial charge in [-0.05, 0) is 53.7 Å². The van der Waals surface area contributed by atoms with Crippen LogP contribution in [0.2, 0.25) is 0 Å². The summed E-state index contributed by atoms with van der Waals surface area (Å²) in [5, 5.41) is 21.8. The number of nitro benzene ring substituents is 2. The maximum Gasteiger partial charge on any atom is 0.373 e. The van der Waals surface area contributed by atoms with Crippen molar-refractivity contribution in [2.45, 2.75) is 6.54 Å². The fourth-order valence-electron chi connectivity index (χ4n) is 3.44. The second-order valence-electron chi connectivity index (χ2n) is 7.70. The lowest BCUT2D eigenvalue weighted by atomic mass is 10.1. The minimum absolute atomic E-state index is 0.0662. The Labute approximate surface area is 223 Å². The van der Waals surface area contributed by atoms with Crippen molar-refractivity contribution in [2.75, 3.05) is 14.2 Å². The fourth-order valence-corrected chi connectivity index (χ4v) is 4.28. The van der Waals surface area contributed by atoms with Crippen molar-refractivity contribution in [3.8, 4) is 17.2 Å². The standard InChI is InChI=1S/C24H17N3O11S/c1-35-20-9-13(3-6-18(20)38-17-7-4-14(26(31)32)11-16(17)27(33)34)10-21-22(28)25(24(30)39-21)12-15-5-8-19(37-15)23(29)36-2/h3-11H,12H2,1-2H3/b21-10+. The molecule has 2 aromatic carbocycles. The molecule has 0 unspecified atom stereocenters. The summed E-state index contributed by atoms with van der Waals surface area (Å²) < 4.78 is 20.8. The van der Waals surface area contributed by atoms with Gasteiger partial charge in [0, 0.05) is 6.07 Å². The van der Waals surface area contributed by atoms with Crippen molar-refractivity contribution in [1.29, 1.82) is 0 Å². The summed E-state index contributed by atoms with van der Waals surface area (Å²) in [6.45, 7) is -0.191. The van der Waals surface area contributed by atoms with E-state index in [0.29, 0.717) is 17.3 Å². The Kier molecular flexibility index (Phi) is 7.62. The number of imide groups is 1. The number of amides is 2. The number of carbonyl (C=O) groups excluding carboxylic acids is 3. The number of ether oxygens (including phenoxy) is 3. The highest BCUT2D eigenvalue weighted by atomic mass is 32.2. The molecule has 0 N–H and O–H groups in total. The van der Waals surface area contributed by atoms with Crippen molar-refractivity contribution < 1.29 is 42.9 Å². The molecule has 1 aliphatic heterocycles. The zero-order valence-electron chi connectivity index (χ0n) is 20.1. The van der Waals surface area contributed by atoms with Crippen LogP contribution in [0.5, 0.6) is 17.2 Å². The molecule has 4 rings (SSSR count). The molecule has 0 atom stereocenters. The topological polar surface area (TPSA) is 182 Å². The van der Waals surface area contributed by atoms with Crippen LogP contribution in [0.3, 0.4) is 0 Å². The first-order valence-corrected chi connectivity index (χ1v) is 11.6. The van der Waals surface area contributed by atoms with E-state index in [1.165, 1.54) is 50.6 Å². The molecule has 39 heavy (non-hydrogen) atoms. The maximum absolute atomic E-state index is 12.9. The van der Waals surface area contributed by atoms with Crippen LogP contribution in [0, 0.1) is 20.2 Å². The lowest BCUT2D eigenvalue weighted by Crippen LogP contribution is -2.27. The van der Waals surface area contributed by atoms with E-state index in [1.54, 1.807) is 0 Å². The number of furan rings is 1. The van der Waals surface area contributed by atoms with Gasteiger partial charge in [-0.3, -0.25) is 34.7 Å². The number of hydrogen-bond acceptors (Lipinski definition) is 12. The Morgan fingerprint density at radius 1 is 1.00 bits per heavy atom. The first-order chi connectivity index (χ1) is 18.6. The quantitative estimate of drug-likeness (QED) is 0.151. The van der Waals surface area contributed by atoms with E-state index in [4.69, 9.17) is 13.9 Å². The van der Waals surface area contributed by atoms with E-state index in [0.717, 1.165) is 23.1 Å². The molecule has 1 fully saturated rings. The van der Waals surface area contributed by atoms with Crippen LogP contribution < -0.4 is 9.47 Å². The average Bonchev–Trinajstić information content (AvgIpc) is 3.49. The maximum atomic E-state index is 12.9. The van der Waals surface area contributed by atoms with Gasteiger partial charge >= 0.3 is 11.7 Å². The Hall–Kier alpha value is -5.18. The zero-order valence-corrected chi connectivity index (χ0v) is 21.0. The summed E-state index contributed by atoms with van der Waals surface area (Å²) in [4.78, 5) is 58.8. The first-order valence-electron chi connectivity index (χ1n) is 10.8. The van der Waals surface area contributed by atoms with Crippen molar-refractivity contribution in [3.05, 3.63) is 90.7 Å². The molecular formula is C24H17N3O11S. The summed E-state index contributed by atoms with van der Waals surface area (Å²) in [6, 6.07) is 10.2. The summed E-state index contributed by atoms with van der Waals surface area (Å²) in [7, 11) is 2.52. The van der Waals surface area contributed by atoms with Crippen LogP contribution in [0.15, 0.2) is 57.9 Å². The van der Waals surface area contributed by atoms with E-state index in [-0.39, 0.29) is 40.2 Å². The molecule has 2 heterocycles. The van der Waals surface area contributed by atoms with Crippen LogP contribution in [0.25, 0.3) is 6.08 Å². The van der Waals surface area contributed by atoms with Crippen molar-refractivity contribution in [2.24, 2.45) is 0 Å². The van der Waals surface area contributed by atoms with Crippen molar-refractivity contribution >= 4 is 46.3 Å². The van der Waals surface area contributed by atoms with Gasteiger partial charge in [0.25, 0.3) is 16.8 Å². The summed E-state index contributed by atoms with van der Waals surface area (Å²) >= 11 is 0.706. The lowest BCUT2D eigenvalue weighted by molar-refractivity contribution is -0.394. The fraction of sp³-hybridized carbons (Fsp3) is 0.125. The van der Waals surface area contributed by atoms with Gasteiger partial charge in [0.15, 0.2) is 11.5 Å². The van der Waals surface area contributed by atoms with E-state index < -0.39 is 38.3 Å². The summed E-state index contributed by atoms with van der Waals surface area (Å²) in [5.41, 5.74) is -0.630. The minimum Gasteiger partial charge on any atom is -0.493 e. The smallest absolute Gasteiger partial charge is 0.373 e. The predicted octanol–water partition coefficient (Wildman–Crippen LogP) is 4.92. The largest absolute Gasteiger partial charge is 0.493 e. The minimum atomic E-state index is -0.807. The molecule has 200 valence electrons. The third-order valence-electron chi connectivity index (χ3n) is 5.29. The summed E-state index contributed by atoms with van der Waals surface area (Å²) in [5.74, 6) is -1.17. The molecule has 2 amide bonds. The third-order valence-corrected chi connectivity index (χ3v) is 6.20. The number of hydrogen-bond donors (Lipinski definition) is 0. The van der Waals surface area contributed by atoms with Gasteiger partial charge in [-0.25, -0.2) is 4.79 Å². The molecule has 14 nitrogen and oxygen atoms in total. The Morgan fingerprint density at radius 3 is 2.41 bits per heavy atom. The summed E-state index contributed by atoms with van der Waals surface area (Å²) in [6.07, 6.45) is 1.45. The van der Waals surface area contributed by atoms with Gasteiger partial charge in [-0.1, -0.05) is 6.07 Å². The van der Waals surface area contributed by atoms with Crippen LogP contribution in [0.4, 0.5) is 16.2 Å². The third kappa shape index (κ3) is 5.72. The molecule has 0 bridgehead atoms. The number of esters is 1. The molecule has 0 radical (unpaired) electrons. The molecule has 3 aromatic rings. The number of rotatable bonds is 9. The highest BCUT2D eigenvalue weighted by molar-refractivity contribution is 8.18. The zero-order chi connectivity index (χ0) is 28.3. The number of benzene rings is 2. The number of methoxy groups -OCH3 is 2. The van der Waals surface area contributed by atoms with Gasteiger partial charge in [-0.2, -0.15) is 0 Å². The van der Waals surface area contributed by atoms with Crippen molar-refractivity contribution in [1.82, 2.24) is 4.90 Å². The van der Waals surface area contributed by atoms with E-state index in [2.05, 4.69) is 4.74 Å². The second-order valence-corrected chi connectivity index (χ2v) is 8.70. The van der Waals surface area contributed by atoms with Crippen LogP contribution >= 0.6 is 11.8 Å². The predicted molar refractivity (Wildman–Crippen MR) is 134 cm³/mol. The van der Waals surface area contributed by atoms with E-state index in [9.17, 15) is 34.6 Å². The molecule has 1 aliphatic rings. The molecule has 0 aliphatic carbocycles. The molecular weight excluding hydrogens is 538 g/mol. The lowest BCUT2D eigenvalue weighted by Gasteiger charge is -2.11. The van der Waals surface area contributed by atoms with Gasteiger partial charge in [0.2, 0.25) is 11.5 Å². The van der Waals surface area contributed by atoms with Crippen molar-refractivity contribution in [3.63, 3.8) is 0 Å². The molecule has 0 spiro atoms. The van der Waals surface area contributed by atoms with Crippen LogP contribution in [0.1, 0.15) is 21.9 Å². The molecule has 1 saturated heterocycles. The number of thioether (sulfide) groups is 1. The Bertz CT molecular complexity index is 1550. The van der Waals surface area contributed by atoms with Crippen LogP contribution in [-0.4, -0.2) is 46.1 Å². The van der Waals surface area contributed by atoms with Gasteiger partial charge in [0.1, 0.15) is 5.76 Å². The van der Waals surface area contributed by atoms with E-state index >= 15 is 0 Å². The average molecular weight is 555 g/mol. The van der Waals surface area contributed by atoms with Gasteiger partial charge < -0.3 is 18.6 Å². The normalized spacial score (nSPS) is 14.0. The first kappa shape index (κ1) is 26.9. The molecule has 15 heteroatoms. The van der Waals surface area contributed by atoms with Crippen LogP contribution in [-0.2, 0) is 16.1 Å². The highest BCUT2D eigenvalue weighted by Gasteiger charge is 2.36. The number of nitro groups is 2. The highest BCUT2D eigenvalue weighted by Crippen LogP contribution is 2.39. The number of non-ortho nitro benzene ring substituents is 1. The number of nitrogens with zero attached hydrogens (tertiary/aromatic N) is 3. The SMILES string of the molecule is COC(=O)c1ccc(CN2C(=O)S/C(=C/c3ccc(Oc4ccc([N+](=O)[O-])cc4[N+](=O)[O-])c(OC)c3)C2=O)o1. The van der Waals surface area contributed by atoms with Gasteiger partial charge in [0.05, 0.1) is 41.6 Å². The molecule has 1 aromatic heterocycles. The Morgan fingerprint density at radius 2 is 1.74 bits per heavy atom. The van der Waals surface area contributed by atoms with Gasteiger partial charge in [-0.15, -0.1) is 0 Å². The van der Waals surface area contributed by atoms with E-state index in [1.807, 2.05) is 0 Å². The number of carbonyl (C=O) groups is 3. The molecule has 0 saturated carbocycles. The Balaban J connectivity index is 1.54. The second kappa shape index (κ2) is 11.1. The monoisotopic (exact) mass is 555 g/mol.